The number of aliphatic hydroxyl groups excluding tert-OH is 1. The Balaban J connectivity index is 1.78. The number of likely N-dealkylation sites (tertiary alicyclic amines) is 1. The van der Waals surface area contributed by atoms with Gasteiger partial charge in [-0.1, -0.05) is 0 Å². The molecule has 2 N–H and O–H groups in total. The van der Waals surface area contributed by atoms with Gasteiger partial charge in [0.05, 0.1) is 24.7 Å². The van der Waals surface area contributed by atoms with Gasteiger partial charge in [-0.2, -0.15) is 13.2 Å². The molecule has 2 fully saturated rings. The van der Waals surface area contributed by atoms with Crippen LogP contribution < -0.4 is 5.32 Å². The van der Waals surface area contributed by atoms with Gasteiger partial charge in [-0.05, 0) is 32.7 Å². The van der Waals surface area contributed by atoms with Gasteiger partial charge in [0.25, 0.3) is 0 Å². The van der Waals surface area contributed by atoms with Crippen molar-refractivity contribution in [3.8, 4) is 0 Å². The Morgan fingerprint density at radius 2 is 2.09 bits per heavy atom. The molecule has 1 amide bonds. The van der Waals surface area contributed by atoms with Gasteiger partial charge in [0.2, 0.25) is 5.91 Å². The van der Waals surface area contributed by atoms with Crippen LogP contribution in [0.4, 0.5) is 13.2 Å². The van der Waals surface area contributed by atoms with Crippen LogP contribution in [-0.2, 0) is 9.53 Å². The van der Waals surface area contributed by atoms with E-state index in [1.165, 1.54) is 0 Å². The number of piperidine rings is 1. The SMILES string of the molecule is CNC1COC2(CCN(C(=O)CC[C@H](CO)C(F)(F)F)CC2)C1. The van der Waals surface area contributed by atoms with E-state index in [2.05, 4.69) is 5.32 Å². The molecular weight excluding hydrogens is 313 g/mol. The van der Waals surface area contributed by atoms with E-state index in [-0.39, 0.29) is 24.3 Å². The Morgan fingerprint density at radius 1 is 1.43 bits per heavy atom. The molecular formula is C15H25F3N2O3. The molecule has 2 saturated heterocycles. The molecule has 0 radical (unpaired) electrons. The number of halogens is 3. The van der Waals surface area contributed by atoms with Crippen LogP contribution in [0.1, 0.15) is 32.1 Å². The van der Waals surface area contributed by atoms with Crippen LogP contribution in [0, 0.1) is 5.92 Å². The van der Waals surface area contributed by atoms with Crippen molar-refractivity contribution in [2.45, 2.75) is 49.9 Å². The lowest BCUT2D eigenvalue weighted by atomic mass is 9.87. The quantitative estimate of drug-likeness (QED) is 0.793. The van der Waals surface area contributed by atoms with Gasteiger partial charge >= 0.3 is 6.18 Å². The van der Waals surface area contributed by atoms with Crippen molar-refractivity contribution in [2.24, 2.45) is 5.92 Å². The summed E-state index contributed by atoms with van der Waals surface area (Å²) in [5.41, 5.74) is -0.190. The molecule has 0 saturated carbocycles. The second-order valence-electron chi connectivity index (χ2n) is 6.52. The van der Waals surface area contributed by atoms with E-state index < -0.39 is 18.7 Å². The van der Waals surface area contributed by atoms with Gasteiger partial charge in [-0.15, -0.1) is 0 Å². The summed E-state index contributed by atoms with van der Waals surface area (Å²) in [6.45, 7) is 0.726. The highest BCUT2D eigenvalue weighted by molar-refractivity contribution is 5.76. The molecule has 2 aliphatic rings. The first-order valence-corrected chi connectivity index (χ1v) is 8.06. The fourth-order valence-corrected chi connectivity index (χ4v) is 3.36. The second-order valence-corrected chi connectivity index (χ2v) is 6.52. The van der Waals surface area contributed by atoms with Gasteiger partial charge < -0.3 is 20.1 Å². The number of rotatable bonds is 5. The summed E-state index contributed by atoms with van der Waals surface area (Å²) < 4.78 is 43.6. The summed E-state index contributed by atoms with van der Waals surface area (Å²) in [6, 6.07) is 0.328. The maximum atomic E-state index is 12.6. The maximum absolute atomic E-state index is 12.6. The number of amides is 1. The smallest absolute Gasteiger partial charge is 0.394 e. The lowest BCUT2D eigenvalue weighted by Gasteiger charge is -2.38. The Hall–Kier alpha value is -0.860. The van der Waals surface area contributed by atoms with Crippen molar-refractivity contribution in [3.05, 3.63) is 0 Å². The van der Waals surface area contributed by atoms with E-state index in [1.54, 1.807) is 4.90 Å². The average molecular weight is 338 g/mol. The van der Waals surface area contributed by atoms with Crippen LogP contribution in [0.5, 0.6) is 0 Å². The van der Waals surface area contributed by atoms with Crippen molar-refractivity contribution in [1.29, 1.82) is 0 Å². The lowest BCUT2D eigenvalue weighted by Crippen LogP contribution is -2.47. The lowest BCUT2D eigenvalue weighted by molar-refractivity contribution is -0.186. The first-order chi connectivity index (χ1) is 10.8. The third-order valence-corrected chi connectivity index (χ3v) is 5.03. The highest BCUT2D eigenvalue weighted by Crippen LogP contribution is 2.36. The number of hydrogen-bond donors (Lipinski definition) is 2. The van der Waals surface area contributed by atoms with Gasteiger partial charge in [-0.3, -0.25) is 4.79 Å². The first-order valence-electron chi connectivity index (χ1n) is 8.06. The molecule has 0 aromatic heterocycles. The van der Waals surface area contributed by atoms with Gasteiger partial charge in [0.1, 0.15) is 0 Å². The number of nitrogens with one attached hydrogen (secondary N) is 1. The van der Waals surface area contributed by atoms with E-state index in [0.29, 0.717) is 25.7 Å². The fraction of sp³-hybridized carbons (Fsp3) is 0.933. The van der Waals surface area contributed by atoms with E-state index in [1.807, 2.05) is 7.05 Å². The Bertz CT molecular complexity index is 409. The number of hydrogen-bond acceptors (Lipinski definition) is 4. The molecule has 0 aromatic carbocycles. The third kappa shape index (κ3) is 4.58. The summed E-state index contributed by atoms with van der Waals surface area (Å²) in [7, 11) is 1.89. The predicted molar refractivity (Wildman–Crippen MR) is 77.8 cm³/mol. The summed E-state index contributed by atoms with van der Waals surface area (Å²) >= 11 is 0. The third-order valence-electron chi connectivity index (χ3n) is 5.03. The number of nitrogens with zero attached hydrogens (tertiary/aromatic N) is 1. The van der Waals surface area contributed by atoms with Crippen molar-refractivity contribution in [3.63, 3.8) is 0 Å². The molecule has 2 rings (SSSR count). The molecule has 5 nitrogen and oxygen atoms in total. The van der Waals surface area contributed by atoms with Crippen LogP contribution in [0.3, 0.4) is 0 Å². The van der Waals surface area contributed by atoms with Crippen LogP contribution >= 0.6 is 0 Å². The minimum absolute atomic E-state index is 0.183. The summed E-state index contributed by atoms with van der Waals surface area (Å²) in [6.07, 6.45) is -2.65. The van der Waals surface area contributed by atoms with Crippen molar-refractivity contribution in [2.75, 3.05) is 33.4 Å². The second kappa shape index (κ2) is 7.36. The number of likely N-dealkylation sites (N-methyl/N-ethyl adjacent to an activating group) is 1. The molecule has 1 unspecified atom stereocenters. The van der Waals surface area contributed by atoms with Crippen LogP contribution in [0.15, 0.2) is 0 Å². The Morgan fingerprint density at radius 3 is 2.57 bits per heavy atom. The van der Waals surface area contributed by atoms with Crippen molar-refractivity contribution < 1.29 is 27.8 Å². The normalized spacial score (nSPS) is 25.8. The Labute approximate surface area is 134 Å². The predicted octanol–water partition coefficient (Wildman–Crippen LogP) is 1.31. The number of alkyl halides is 3. The highest BCUT2D eigenvalue weighted by Gasteiger charge is 2.43. The Kier molecular flexibility index (Phi) is 5.91. The zero-order chi connectivity index (χ0) is 17.1. The van der Waals surface area contributed by atoms with Gasteiger partial charge in [0.15, 0.2) is 0 Å². The zero-order valence-electron chi connectivity index (χ0n) is 13.4. The summed E-state index contributed by atoms with van der Waals surface area (Å²) in [4.78, 5) is 13.7. The van der Waals surface area contributed by atoms with Crippen LogP contribution in [0.2, 0.25) is 0 Å². The maximum Gasteiger partial charge on any atom is 0.394 e. The molecule has 0 aliphatic carbocycles. The van der Waals surface area contributed by atoms with Crippen LogP contribution in [0.25, 0.3) is 0 Å². The monoisotopic (exact) mass is 338 g/mol. The average Bonchev–Trinajstić information content (AvgIpc) is 2.90. The van der Waals surface area contributed by atoms with E-state index >= 15 is 0 Å². The molecule has 23 heavy (non-hydrogen) atoms. The number of carbonyl (C=O) groups is 1. The molecule has 2 aliphatic heterocycles. The largest absolute Gasteiger partial charge is 0.396 e. The molecule has 134 valence electrons. The van der Waals surface area contributed by atoms with E-state index in [4.69, 9.17) is 9.84 Å². The standard InChI is InChI=1S/C15H25F3N2O3/c1-19-12-8-14(23-10-12)4-6-20(7-5-14)13(22)3-2-11(9-21)15(16,17)18/h11-12,19,21H,2-10H2,1H3/t11-,12?/m1/s1. The summed E-state index contributed by atoms with van der Waals surface area (Å²) in [5.74, 6) is -2.09. The van der Waals surface area contributed by atoms with Gasteiger partial charge in [0, 0.05) is 25.6 Å². The number of aliphatic hydroxyl groups is 1. The van der Waals surface area contributed by atoms with E-state index in [0.717, 1.165) is 19.3 Å². The summed E-state index contributed by atoms with van der Waals surface area (Å²) in [5, 5.41) is 12.0. The van der Waals surface area contributed by atoms with E-state index in [9.17, 15) is 18.0 Å². The van der Waals surface area contributed by atoms with Crippen molar-refractivity contribution in [1.82, 2.24) is 10.2 Å². The molecule has 8 heteroatoms. The minimum atomic E-state index is -4.46. The minimum Gasteiger partial charge on any atom is -0.396 e. The first kappa shape index (κ1) is 18.5. The van der Waals surface area contributed by atoms with Gasteiger partial charge in [-0.25, -0.2) is 0 Å². The van der Waals surface area contributed by atoms with Crippen molar-refractivity contribution >= 4 is 5.91 Å². The molecule has 2 atom stereocenters. The topological polar surface area (TPSA) is 61.8 Å². The highest BCUT2D eigenvalue weighted by atomic mass is 19.4. The molecule has 0 aromatic rings. The molecule has 2 heterocycles. The molecule has 0 bridgehead atoms. The number of ether oxygens (including phenoxy) is 1. The van der Waals surface area contributed by atoms with Crippen LogP contribution in [-0.4, -0.2) is 67.1 Å². The molecule has 1 spiro atoms. The zero-order valence-corrected chi connectivity index (χ0v) is 13.4. The number of carbonyl (C=O) groups excluding carboxylic acids is 1. The fourth-order valence-electron chi connectivity index (χ4n) is 3.36.